The van der Waals surface area contributed by atoms with Gasteiger partial charge >= 0.3 is 0 Å². The van der Waals surface area contributed by atoms with Gasteiger partial charge in [0.25, 0.3) is 0 Å². The fraction of sp³-hybridized carbons (Fsp3) is 0.444. The Bertz CT molecular complexity index is 123. The molecule has 1 radical (unpaired) electrons. The molecule has 0 unspecified atom stereocenters. The van der Waals surface area contributed by atoms with Gasteiger partial charge in [0.15, 0.2) is 0 Å². The third-order valence-corrected chi connectivity index (χ3v) is 1.11. The van der Waals surface area contributed by atoms with Gasteiger partial charge in [0.2, 0.25) is 0 Å². The lowest BCUT2D eigenvalue weighted by Gasteiger charge is -1.89. The molecule has 0 heterocycles. The van der Waals surface area contributed by atoms with Gasteiger partial charge in [0, 0.05) is 0 Å². The van der Waals surface area contributed by atoms with E-state index in [2.05, 4.69) is 39.8 Å². The van der Waals surface area contributed by atoms with E-state index in [0.29, 0.717) is 0 Å². The van der Waals surface area contributed by atoms with Gasteiger partial charge < -0.3 is 0 Å². The SMILES string of the molecule is [CH2]/C(=C\C=C(C)C)CC. The molecular formula is C9H15. The Kier molecular flexibility index (Phi) is 4.12. The molecule has 0 aliphatic carbocycles. The molecule has 9 heavy (non-hydrogen) atoms. The normalized spacial score (nSPS) is 11.3. The van der Waals surface area contributed by atoms with E-state index in [9.17, 15) is 0 Å². The highest BCUT2D eigenvalue weighted by atomic mass is 13.9. The summed E-state index contributed by atoms with van der Waals surface area (Å²) in [4.78, 5) is 0. The van der Waals surface area contributed by atoms with Crippen molar-refractivity contribution >= 4 is 0 Å². The molecule has 0 heteroatoms. The van der Waals surface area contributed by atoms with Crippen LogP contribution in [0.5, 0.6) is 0 Å². The van der Waals surface area contributed by atoms with Crippen molar-refractivity contribution in [2.45, 2.75) is 27.2 Å². The number of rotatable bonds is 2. The van der Waals surface area contributed by atoms with Gasteiger partial charge in [-0.2, -0.15) is 0 Å². The fourth-order valence-electron chi connectivity index (χ4n) is 0.402. The fourth-order valence-corrected chi connectivity index (χ4v) is 0.402. The minimum Gasteiger partial charge on any atom is -0.0764 e. The van der Waals surface area contributed by atoms with E-state index in [-0.39, 0.29) is 0 Å². The maximum absolute atomic E-state index is 3.84. The van der Waals surface area contributed by atoms with Crippen LogP contribution in [0.25, 0.3) is 0 Å². The molecular weight excluding hydrogens is 108 g/mol. The molecule has 0 saturated heterocycles. The van der Waals surface area contributed by atoms with Gasteiger partial charge in [-0.1, -0.05) is 30.2 Å². The van der Waals surface area contributed by atoms with E-state index in [1.807, 2.05) is 0 Å². The minimum absolute atomic E-state index is 1.05. The zero-order chi connectivity index (χ0) is 7.28. The Morgan fingerprint density at radius 1 is 1.33 bits per heavy atom. The van der Waals surface area contributed by atoms with Crippen LogP contribution in [0.15, 0.2) is 23.3 Å². The van der Waals surface area contributed by atoms with E-state index < -0.39 is 0 Å². The lowest BCUT2D eigenvalue weighted by Crippen LogP contribution is -1.69. The van der Waals surface area contributed by atoms with Crippen LogP contribution in [0, 0.1) is 6.92 Å². The van der Waals surface area contributed by atoms with Crippen molar-refractivity contribution in [1.29, 1.82) is 0 Å². The van der Waals surface area contributed by atoms with Gasteiger partial charge in [-0.05, 0) is 27.2 Å². The molecule has 0 rings (SSSR count). The minimum atomic E-state index is 1.05. The van der Waals surface area contributed by atoms with Gasteiger partial charge in [-0.3, -0.25) is 0 Å². The predicted octanol–water partition coefficient (Wildman–Crippen LogP) is 3.12. The molecule has 0 nitrogen and oxygen atoms in total. The van der Waals surface area contributed by atoms with Crippen LogP contribution in [-0.2, 0) is 0 Å². The Labute approximate surface area is 58.3 Å². The molecule has 0 fully saturated rings. The first-order chi connectivity index (χ1) is 4.16. The largest absolute Gasteiger partial charge is 0.0764 e. The Balaban J connectivity index is 3.83. The van der Waals surface area contributed by atoms with Crippen molar-refractivity contribution in [3.63, 3.8) is 0 Å². The van der Waals surface area contributed by atoms with Crippen LogP contribution in [-0.4, -0.2) is 0 Å². The number of hydrogen-bond donors (Lipinski definition) is 0. The quantitative estimate of drug-likeness (QED) is 0.495. The summed E-state index contributed by atoms with van der Waals surface area (Å²) in [5.74, 6) is 0. The maximum atomic E-state index is 3.84. The summed E-state index contributed by atoms with van der Waals surface area (Å²) in [6, 6.07) is 0. The third-order valence-electron chi connectivity index (χ3n) is 1.11. The molecule has 0 bridgehead atoms. The van der Waals surface area contributed by atoms with E-state index in [1.165, 1.54) is 11.1 Å². The van der Waals surface area contributed by atoms with E-state index >= 15 is 0 Å². The maximum Gasteiger partial charge on any atom is -0.0280 e. The average Bonchev–Trinajstić information content (AvgIpc) is 1.83. The topological polar surface area (TPSA) is 0 Å². The van der Waals surface area contributed by atoms with Crippen molar-refractivity contribution in [3.8, 4) is 0 Å². The molecule has 0 aromatic carbocycles. The van der Waals surface area contributed by atoms with Gasteiger partial charge in [0.1, 0.15) is 0 Å². The number of allylic oxidation sites excluding steroid dienone is 4. The smallest absolute Gasteiger partial charge is 0.0280 e. The Morgan fingerprint density at radius 3 is 2.22 bits per heavy atom. The summed E-state index contributed by atoms with van der Waals surface area (Å²) in [6.07, 6.45) is 5.20. The summed E-state index contributed by atoms with van der Waals surface area (Å²) < 4.78 is 0. The van der Waals surface area contributed by atoms with Gasteiger partial charge in [0.05, 0.1) is 0 Å². The van der Waals surface area contributed by atoms with Crippen molar-refractivity contribution < 1.29 is 0 Å². The molecule has 0 aliphatic rings. The lowest BCUT2D eigenvalue weighted by atomic mass is 10.2. The van der Waals surface area contributed by atoms with Crippen LogP contribution < -0.4 is 0 Å². The molecule has 0 N–H and O–H groups in total. The third kappa shape index (κ3) is 5.35. The molecule has 0 amide bonds. The molecule has 0 atom stereocenters. The summed E-state index contributed by atoms with van der Waals surface area (Å²) in [7, 11) is 0. The van der Waals surface area contributed by atoms with E-state index in [4.69, 9.17) is 0 Å². The van der Waals surface area contributed by atoms with Crippen molar-refractivity contribution in [2.24, 2.45) is 0 Å². The van der Waals surface area contributed by atoms with Crippen LogP contribution in [0.4, 0.5) is 0 Å². The molecule has 0 aromatic heterocycles. The van der Waals surface area contributed by atoms with Crippen molar-refractivity contribution in [3.05, 3.63) is 30.2 Å². The summed E-state index contributed by atoms with van der Waals surface area (Å²) in [5.41, 5.74) is 2.51. The van der Waals surface area contributed by atoms with E-state index in [0.717, 1.165) is 6.42 Å². The molecule has 0 aliphatic heterocycles. The first-order valence-electron chi connectivity index (χ1n) is 3.32. The highest BCUT2D eigenvalue weighted by Crippen LogP contribution is 1.99. The van der Waals surface area contributed by atoms with Gasteiger partial charge in [-0.25, -0.2) is 0 Å². The zero-order valence-electron chi connectivity index (χ0n) is 6.57. The molecule has 0 aromatic rings. The predicted molar refractivity (Wildman–Crippen MR) is 43.2 cm³/mol. The second kappa shape index (κ2) is 4.37. The monoisotopic (exact) mass is 123 g/mol. The summed E-state index contributed by atoms with van der Waals surface area (Å²) in [5, 5.41) is 0. The lowest BCUT2D eigenvalue weighted by molar-refractivity contribution is 1.15. The molecule has 51 valence electrons. The second-order valence-corrected chi connectivity index (χ2v) is 2.42. The average molecular weight is 123 g/mol. The summed E-state index contributed by atoms with van der Waals surface area (Å²) >= 11 is 0. The van der Waals surface area contributed by atoms with E-state index in [1.54, 1.807) is 0 Å². The first kappa shape index (κ1) is 8.48. The highest BCUT2D eigenvalue weighted by molar-refractivity contribution is 5.16. The first-order valence-corrected chi connectivity index (χ1v) is 3.32. The Morgan fingerprint density at radius 2 is 1.89 bits per heavy atom. The summed E-state index contributed by atoms with van der Waals surface area (Å²) in [6.45, 7) is 10.1. The van der Waals surface area contributed by atoms with Crippen LogP contribution in [0.2, 0.25) is 0 Å². The van der Waals surface area contributed by atoms with Gasteiger partial charge in [-0.15, -0.1) is 0 Å². The van der Waals surface area contributed by atoms with Crippen molar-refractivity contribution in [2.75, 3.05) is 0 Å². The van der Waals surface area contributed by atoms with Crippen LogP contribution in [0.3, 0.4) is 0 Å². The zero-order valence-corrected chi connectivity index (χ0v) is 6.57. The van der Waals surface area contributed by atoms with Crippen molar-refractivity contribution in [1.82, 2.24) is 0 Å². The van der Waals surface area contributed by atoms with Crippen LogP contribution in [0.1, 0.15) is 27.2 Å². The second-order valence-electron chi connectivity index (χ2n) is 2.42. The standard InChI is InChI=1S/C9H15/c1-5-9(4)7-6-8(2)3/h6-7H,4-5H2,1-3H3/b9-7+. The Hall–Kier alpha value is -0.520. The highest BCUT2D eigenvalue weighted by Gasteiger charge is 1.78. The van der Waals surface area contributed by atoms with Crippen LogP contribution >= 0.6 is 0 Å². The molecule has 0 saturated carbocycles. The number of hydrogen-bond acceptors (Lipinski definition) is 0. The molecule has 0 spiro atoms.